The zero-order valence-electron chi connectivity index (χ0n) is 10.4. The quantitative estimate of drug-likeness (QED) is 0.852. The molecule has 6 heteroatoms. The first-order valence-electron chi connectivity index (χ1n) is 5.78. The van der Waals surface area contributed by atoms with Crippen molar-refractivity contribution in [2.75, 3.05) is 17.7 Å². The molecule has 2 rings (SSSR count). The molecule has 20 heavy (non-hydrogen) atoms. The molecule has 0 heterocycles. The maximum Gasteiger partial charge on any atom is 0.262 e. The van der Waals surface area contributed by atoms with Gasteiger partial charge in [-0.25, -0.2) is 4.39 Å². The van der Waals surface area contributed by atoms with Crippen LogP contribution in [0.3, 0.4) is 0 Å². The lowest BCUT2D eigenvalue weighted by atomic mass is 10.3. The Balaban J connectivity index is 1.92. The summed E-state index contributed by atoms with van der Waals surface area (Å²) in [5.74, 6) is -1.16. The molecule has 0 saturated heterocycles. The summed E-state index contributed by atoms with van der Waals surface area (Å²) in [6.07, 6.45) is 0. The van der Waals surface area contributed by atoms with Crippen LogP contribution < -0.4 is 15.8 Å². The molecule has 0 radical (unpaired) electrons. The molecular formula is C14H12ClFN2O2. The third-order valence-corrected chi connectivity index (χ3v) is 2.76. The Morgan fingerprint density at radius 3 is 2.65 bits per heavy atom. The number of halogens is 2. The van der Waals surface area contributed by atoms with Crippen molar-refractivity contribution in [3.63, 3.8) is 0 Å². The first-order chi connectivity index (χ1) is 9.56. The van der Waals surface area contributed by atoms with Gasteiger partial charge in [-0.2, -0.15) is 0 Å². The summed E-state index contributed by atoms with van der Waals surface area (Å²) in [4.78, 5) is 11.6. The van der Waals surface area contributed by atoms with Crippen molar-refractivity contribution >= 4 is 28.9 Å². The van der Waals surface area contributed by atoms with Gasteiger partial charge in [0, 0.05) is 11.4 Å². The molecule has 0 saturated carbocycles. The molecule has 0 unspecified atom stereocenters. The fraction of sp³-hybridized carbons (Fsp3) is 0.0714. The second-order valence-corrected chi connectivity index (χ2v) is 4.42. The highest BCUT2D eigenvalue weighted by Gasteiger charge is 2.09. The molecule has 0 bridgehead atoms. The maximum atomic E-state index is 13.5. The molecule has 104 valence electrons. The molecule has 4 nitrogen and oxygen atoms in total. The van der Waals surface area contributed by atoms with Gasteiger partial charge in [0.25, 0.3) is 5.91 Å². The van der Waals surface area contributed by atoms with Gasteiger partial charge in [0.05, 0.1) is 5.02 Å². The molecule has 1 amide bonds. The number of nitrogens with two attached hydrogens (primary N) is 1. The van der Waals surface area contributed by atoms with Crippen LogP contribution in [0.25, 0.3) is 0 Å². The number of hydrogen-bond acceptors (Lipinski definition) is 3. The number of nitrogen functional groups attached to an aromatic ring is 1. The van der Waals surface area contributed by atoms with Crippen molar-refractivity contribution in [3.05, 3.63) is 53.3 Å². The van der Waals surface area contributed by atoms with Crippen LogP contribution in [0.4, 0.5) is 15.8 Å². The van der Waals surface area contributed by atoms with Crippen molar-refractivity contribution in [1.82, 2.24) is 0 Å². The van der Waals surface area contributed by atoms with Crippen molar-refractivity contribution in [3.8, 4) is 5.75 Å². The van der Waals surface area contributed by atoms with Crippen LogP contribution in [0, 0.1) is 5.82 Å². The second-order valence-electron chi connectivity index (χ2n) is 4.01. The number of ether oxygens (including phenoxy) is 1. The highest BCUT2D eigenvalue weighted by Crippen LogP contribution is 2.23. The van der Waals surface area contributed by atoms with Gasteiger partial charge in [0.15, 0.2) is 18.2 Å². The second kappa shape index (κ2) is 6.25. The molecule has 0 fully saturated rings. The summed E-state index contributed by atoms with van der Waals surface area (Å²) in [6, 6.07) is 11.0. The van der Waals surface area contributed by atoms with E-state index in [2.05, 4.69) is 5.32 Å². The number of hydrogen-bond donors (Lipinski definition) is 2. The third-order valence-electron chi connectivity index (χ3n) is 2.47. The molecule has 0 aliphatic heterocycles. The zero-order valence-corrected chi connectivity index (χ0v) is 11.2. The van der Waals surface area contributed by atoms with Crippen molar-refractivity contribution in [2.24, 2.45) is 0 Å². The Morgan fingerprint density at radius 2 is 1.95 bits per heavy atom. The largest absolute Gasteiger partial charge is 0.481 e. The predicted octanol–water partition coefficient (Wildman–Crippen LogP) is 3.08. The van der Waals surface area contributed by atoms with E-state index in [0.29, 0.717) is 11.4 Å². The molecule has 0 aliphatic rings. The van der Waals surface area contributed by atoms with Crippen LogP contribution in [-0.4, -0.2) is 12.5 Å². The van der Waals surface area contributed by atoms with Gasteiger partial charge in [0.1, 0.15) is 0 Å². The van der Waals surface area contributed by atoms with E-state index in [-0.39, 0.29) is 17.4 Å². The van der Waals surface area contributed by atoms with E-state index >= 15 is 0 Å². The molecule has 2 aromatic rings. The summed E-state index contributed by atoms with van der Waals surface area (Å²) >= 11 is 5.61. The highest BCUT2D eigenvalue weighted by molar-refractivity contribution is 6.30. The third kappa shape index (κ3) is 3.61. The molecule has 0 atom stereocenters. The van der Waals surface area contributed by atoms with Crippen LogP contribution in [0.2, 0.25) is 5.02 Å². The fourth-order valence-electron chi connectivity index (χ4n) is 1.50. The van der Waals surface area contributed by atoms with Gasteiger partial charge in [0.2, 0.25) is 0 Å². The first kappa shape index (κ1) is 14.1. The van der Waals surface area contributed by atoms with E-state index in [9.17, 15) is 9.18 Å². The Labute approximate surface area is 120 Å². The number of amides is 1. The molecule has 0 spiro atoms. The van der Waals surface area contributed by atoms with Gasteiger partial charge in [-0.15, -0.1) is 0 Å². The van der Waals surface area contributed by atoms with Crippen LogP contribution >= 0.6 is 11.6 Å². The Bertz CT molecular complexity index is 617. The van der Waals surface area contributed by atoms with Crippen LogP contribution in [0.15, 0.2) is 42.5 Å². The van der Waals surface area contributed by atoms with E-state index in [4.69, 9.17) is 22.1 Å². The van der Waals surface area contributed by atoms with E-state index in [0.717, 1.165) is 0 Å². The van der Waals surface area contributed by atoms with E-state index in [1.165, 1.54) is 12.1 Å². The summed E-state index contributed by atoms with van der Waals surface area (Å²) in [6.45, 7) is -0.318. The standard InChI is InChI=1S/C14H12ClFN2O2/c15-11-2-1-3-12(14(11)16)20-8-13(19)18-10-6-4-9(17)5-7-10/h1-7H,8,17H2,(H,18,19). The number of rotatable bonds is 4. The zero-order chi connectivity index (χ0) is 14.5. The fourth-order valence-corrected chi connectivity index (χ4v) is 1.67. The molecule has 2 aromatic carbocycles. The normalized spacial score (nSPS) is 10.1. The first-order valence-corrected chi connectivity index (χ1v) is 6.16. The predicted molar refractivity (Wildman–Crippen MR) is 76.4 cm³/mol. The molecule has 0 aliphatic carbocycles. The molecule has 0 aromatic heterocycles. The number of carbonyl (C=O) groups excluding carboxylic acids is 1. The Kier molecular flexibility index (Phi) is 4.42. The lowest BCUT2D eigenvalue weighted by molar-refractivity contribution is -0.118. The van der Waals surface area contributed by atoms with Gasteiger partial charge >= 0.3 is 0 Å². The number of benzene rings is 2. The van der Waals surface area contributed by atoms with Gasteiger partial charge in [-0.3, -0.25) is 4.79 Å². The van der Waals surface area contributed by atoms with Gasteiger partial charge in [-0.05, 0) is 36.4 Å². The summed E-state index contributed by atoms with van der Waals surface area (Å²) in [5.41, 5.74) is 6.71. The van der Waals surface area contributed by atoms with E-state index in [1.807, 2.05) is 0 Å². The van der Waals surface area contributed by atoms with Gasteiger partial charge in [-0.1, -0.05) is 17.7 Å². The van der Waals surface area contributed by atoms with Crippen LogP contribution in [0.1, 0.15) is 0 Å². The van der Waals surface area contributed by atoms with Crippen LogP contribution in [0.5, 0.6) is 5.75 Å². The summed E-state index contributed by atoms with van der Waals surface area (Å²) < 4.78 is 18.6. The number of carbonyl (C=O) groups is 1. The molecule has 3 N–H and O–H groups in total. The number of nitrogens with one attached hydrogen (secondary N) is 1. The van der Waals surface area contributed by atoms with E-state index in [1.54, 1.807) is 30.3 Å². The Morgan fingerprint density at radius 1 is 1.25 bits per heavy atom. The lowest BCUT2D eigenvalue weighted by Crippen LogP contribution is -2.20. The van der Waals surface area contributed by atoms with Crippen molar-refractivity contribution in [2.45, 2.75) is 0 Å². The summed E-state index contributed by atoms with van der Waals surface area (Å²) in [7, 11) is 0. The minimum atomic E-state index is -0.686. The Hall–Kier alpha value is -2.27. The smallest absolute Gasteiger partial charge is 0.262 e. The van der Waals surface area contributed by atoms with Crippen molar-refractivity contribution < 1.29 is 13.9 Å². The van der Waals surface area contributed by atoms with E-state index < -0.39 is 11.7 Å². The highest BCUT2D eigenvalue weighted by atomic mass is 35.5. The topological polar surface area (TPSA) is 64.3 Å². The number of anilines is 2. The van der Waals surface area contributed by atoms with Crippen LogP contribution in [-0.2, 0) is 4.79 Å². The SMILES string of the molecule is Nc1ccc(NC(=O)COc2cccc(Cl)c2F)cc1. The van der Waals surface area contributed by atoms with Crippen molar-refractivity contribution in [1.29, 1.82) is 0 Å². The minimum Gasteiger partial charge on any atom is -0.481 e. The average Bonchev–Trinajstić information content (AvgIpc) is 2.43. The monoisotopic (exact) mass is 294 g/mol. The average molecular weight is 295 g/mol. The minimum absolute atomic E-state index is 0.0542. The molecular weight excluding hydrogens is 283 g/mol. The van der Waals surface area contributed by atoms with Gasteiger partial charge < -0.3 is 15.8 Å². The lowest BCUT2D eigenvalue weighted by Gasteiger charge is -2.08. The maximum absolute atomic E-state index is 13.5. The summed E-state index contributed by atoms with van der Waals surface area (Å²) in [5, 5.41) is 2.54.